The van der Waals surface area contributed by atoms with Gasteiger partial charge >= 0.3 is 0 Å². The summed E-state index contributed by atoms with van der Waals surface area (Å²) in [6, 6.07) is 5.58. The standard InChI is InChI=1S/C15H22FN3O2/c1-4-17-15(21)11(2)18-14(20)10-19(3)9-12-5-7-13(16)8-6-12/h5-8,11H,4,9-10H2,1-3H3,(H,17,21)(H,18,20)/t11-/m0/s1. The van der Waals surface area contributed by atoms with Crippen molar-refractivity contribution in [2.24, 2.45) is 0 Å². The minimum atomic E-state index is -0.559. The number of halogens is 1. The Labute approximate surface area is 124 Å². The van der Waals surface area contributed by atoms with Crippen molar-refractivity contribution in [2.45, 2.75) is 26.4 Å². The van der Waals surface area contributed by atoms with Gasteiger partial charge in [-0.2, -0.15) is 0 Å². The van der Waals surface area contributed by atoms with E-state index in [1.54, 1.807) is 31.0 Å². The maximum Gasteiger partial charge on any atom is 0.242 e. The van der Waals surface area contributed by atoms with E-state index in [-0.39, 0.29) is 24.2 Å². The van der Waals surface area contributed by atoms with E-state index in [0.29, 0.717) is 13.1 Å². The molecule has 0 aliphatic carbocycles. The second-order valence-corrected chi connectivity index (χ2v) is 4.98. The van der Waals surface area contributed by atoms with Crippen LogP contribution in [-0.4, -0.2) is 42.9 Å². The Morgan fingerprint density at radius 3 is 2.48 bits per heavy atom. The highest BCUT2D eigenvalue weighted by Crippen LogP contribution is 2.05. The summed E-state index contributed by atoms with van der Waals surface area (Å²) in [7, 11) is 1.79. The van der Waals surface area contributed by atoms with E-state index < -0.39 is 6.04 Å². The molecule has 0 aromatic heterocycles. The molecule has 0 saturated carbocycles. The van der Waals surface area contributed by atoms with Crippen LogP contribution >= 0.6 is 0 Å². The van der Waals surface area contributed by atoms with Crippen molar-refractivity contribution >= 4 is 11.8 Å². The Kier molecular flexibility index (Phi) is 6.81. The summed E-state index contributed by atoms with van der Waals surface area (Å²) in [5.41, 5.74) is 0.920. The molecular weight excluding hydrogens is 273 g/mol. The lowest BCUT2D eigenvalue weighted by Gasteiger charge is -2.18. The average Bonchev–Trinajstić information content (AvgIpc) is 2.41. The van der Waals surface area contributed by atoms with Gasteiger partial charge in [-0.15, -0.1) is 0 Å². The maximum absolute atomic E-state index is 12.8. The molecular formula is C15H22FN3O2. The summed E-state index contributed by atoms with van der Waals surface area (Å²) >= 11 is 0. The Morgan fingerprint density at radius 1 is 1.29 bits per heavy atom. The van der Waals surface area contributed by atoms with Crippen LogP contribution in [0.5, 0.6) is 0 Å². The van der Waals surface area contributed by atoms with Gasteiger partial charge in [0.2, 0.25) is 11.8 Å². The second-order valence-electron chi connectivity index (χ2n) is 4.98. The molecule has 0 saturated heterocycles. The molecule has 2 amide bonds. The summed E-state index contributed by atoms with van der Waals surface area (Å²) in [5.74, 6) is -0.708. The largest absolute Gasteiger partial charge is 0.355 e. The van der Waals surface area contributed by atoms with E-state index in [0.717, 1.165) is 5.56 Å². The number of hydrogen-bond donors (Lipinski definition) is 2. The third-order valence-electron chi connectivity index (χ3n) is 2.90. The Morgan fingerprint density at radius 2 is 1.90 bits per heavy atom. The van der Waals surface area contributed by atoms with Gasteiger partial charge in [0.1, 0.15) is 11.9 Å². The van der Waals surface area contributed by atoms with Gasteiger partial charge < -0.3 is 10.6 Å². The average molecular weight is 295 g/mol. The molecule has 116 valence electrons. The molecule has 0 spiro atoms. The number of nitrogens with zero attached hydrogens (tertiary/aromatic N) is 1. The Balaban J connectivity index is 2.40. The predicted octanol–water partition coefficient (Wildman–Crippen LogP) is 0.898. The van der Waals surface area contributed by atoms with Gasteiger partial charge in [-0.3, -0.25) is 14.5 Å². The first-order valence-corrected chi connectivity index (χ1v) is 6.92. The normalized spacial score (nSPS) is 12.0. The van der Waals surface area contributed by atoms with E-state index in [1.807, 2.05) is 6.92 Å². The molecule has 1 atom stereocenters. The lowest BCUT2D eigenvalue weighted by Crippen LogP contribution is -2.47. The molecule has 2 N–H and O–H groups in total. The Bertz CT molecular complexity index is 476. The quantitative estimate of drug-likeness (QED) is 0.785. The SMILES string of the molecule is CCNC(=O)[C@H](C)NC(=O)CN(C)Cc1ccc(F)cc1. The van der Waals surface area contributed by atoms with Crippen LogP contribution < -0.4 is 10.6 Å². The first-order chi connectivity index (χ1) is 9.92. The number of carbonyl (C=O) groups excluding carboxylic acids is 2. The van der Waals surface area contributed by atoms with Crippen molar-refractivity contribution in [2.75, 3.05) is 20.1 Å². The maximum atomic E-state index is 12.8. The van der Waals surface area contributed by atoms with Crippen LogP contribution in [0.1, 0.15) is 19.4 Å². The van der Waals surface area contributed by atoms with Gasteiger partial charge in [-0.25, -0.2) is 4.39 Å². The number of benzene rings is 1. The number of likely N-dealkylation sites (N-methyl/N-ethyl adjacent to an activating group) is 2. The van der Waals surface area contributed by atoms with Crippen molar-refractivity contribution in [1.82, 2.24) is 15.5 Å². The van der Waals surface area contributed by atoms with Crippen LogP contribution in [0, 0.1) is 5.82 Å². The summed E-state index contributed by atoms with van der Waals surface area (Å²) < 4.78 is 12.8. The fraction of sp³-hybridized carbons (Fsp3) is 0.467. The monoisotopic (exact) mass is 295 g/mol. The zero-order valence-electron chi connectivity index (χ0n) is 12.6. The molecule has 1 rings (SSSR count). The predicted molar refractivity (Wildman–Crippen MR) is 79.0 cm³/mol. The third kappa shape index (κ3) is 6.35. The molecule has 5 nitrogen and oxygen atoms in total. The molecule has 0 aliphatic rings. The zero-order valence-corrected chi connectivity index (χ0v) is 12.6. The van der Waals surface area contributed by atoms with Crippen molar-refractivity contribution in [1.29, 1.82) is 0 Å². The number of nitrogens with one attached hydrogen (secondary N) is 2. The van der Waals surface area contributed by atoms with Crippen LogP contribution in [0.3, 0.4) is 0 Å². The molecule has 0 fully saturated rings. The highest BCUT2D eigenvalue weighted by atomic mass is 19.1. The van der Waals surface area contributed by atoms with E-state index in [1.165, 1.54) is 12.1 Å². The molecule has 1 aromatic carbocycles. The Hall–Kier alpha value is -1.95. The summed E-state index contributed by atoms with van der Waals surface area (Å²) in [5, 5.41) is 5.28. The fourth-order valence-corrected chi connectivity index (χ4v) is 1.88. The van der Waals surface area contributed by atoms with Gasteiger partial charge in [0.25, 0.3) is 0 Å². The first-order valence-electron chi connectivity index (χ1n) is 6.92. The number of carbonyl (C=O) groups is 2. The van der Waals surface area contributed by atoms with Crippen LogP contribution in [0.4, 0.5) is 4.39 Å². The first kappa shape index (κ1) is 17.1. The molecule has 1 aromatic rings. The van der Waals surface area contributed by atoms with Crippen molar-refractivity contribution in [3.8, 4) is 0 Å². The van der Waals surface area contributed by atoms with Gasteiger partial charge in [-0.1, -0.05) is 12.1 Å². The smallest absolute Gasteiger partial charge is 0.242 e. The van der Waals surface area contributed by atoms with Gasteiger partial charge in [0.05, 0.1) is 6.54 Å². The van der Waals surface area contributed by atoms with E-state index in [4.69, 9.17) is 0 Å². The second kappa shape index (κ2) is 8.36. The van der Waals surface area contributed by atoms with Crippen molar-refractivity contribution in [3.63, 3.8) is 0 Å². The van der Waals surface area contributed by atoms with Gasteiger partial charge in [0.15, 0.2) is 0 Å². The number of amides is 2. The van der Waals surface area contributed by atoms with E-state index in [9.17, 15) is 14.0 Å². The third-order valence-corrected chi connectivity index (χ3v) is 2.90. The molecule has 0 radical (unpaired) electrons. The zero-order chi connectivity index (χ0) is 15.8. The van der Waals surface area contributed by atoms with Crippen LogP contribution in [0.25, 0.3) is 0 Å². The molecule has 6 heteroatoms. The van der Waals surface area contributed by atoms with Crippen LogP contribution in [0.15, 0.2) is 24.3 Å². The molecule has 0 aliphatic heterocycles. The summed E-state index contributed by atoms with van der Waals surface area (Å²) in [4.78, 5) is 25.1. The van der Waals surface area contributed by atoms with Gasteiger partial charge in [-0.05, 0) is 38.6 Å². The molecule has 0 bridgehead atoms. The fourth-order valence-electron chi connectivity index (χ4n) is 1.88. The topological polar surface area (TPSA) is 61.4 Å². The van der Waals surface area contributed by atoms with E-state index >= 15 is 0 Å². The molecule has 21 heavy (non-hydrogen) atoms. The highest BCUT2D eigenvalue weighted by Gasteiger charge is 2.15. The van der Waals surface area contributed by atoms with Gasteiger partial charge in [0, 0.05) is 13.1 Å². The number of rotatable bonds is 7. The molecule has 0 heterocycles. The molecule has 0 unspecified atom stereocenters. The van der Waals surface area contributed by atoms with Crippen molar-refractivity contribution in [3.05, 3.63) is 35.6 Å². The minimum absolute atomic E-state index is 0.168. The highest BCUT2D eigenvalue weighted by molar-refractivity contribution is 5.87. The summed E-state index contributed by atoms with van der Waals surface area (Å²) in [6.45, 7) is 4.69. The lowest BCUT2D eigenvalue weighted by molar-refractivity contribution is -0.129. The van der Waals surface area contributed by atoms with Crippen molar-refractivity contribution < 1.29 is 14.0 Å². The lowest BCUT2D eigenvalue weighted by atomic mass is 10.2. The van der Waals surface area contributed by atoms with Crippen LogP contribution in [0.2, 0.25) is 0 Å². The number of hydrogen-bond acceptors (Lipinski definition) is 3. The van der Waals surface area contributed by atoms with Crippen LogP contribution in [-0.2, 0) is 16.1 Å². The summed E-state index contributed by atoms with van der Waals surface area (Å²) in [6.07, 6.45) is 0. The minimum Gasteiger partial charge on any atom is -0.355 e. The van der Waals surface area contributed by atoms with E-state index in [2.05, 4.69) is 10.6 Å².